The van der Waals surface area contributed by atoms with E-state index in [4.69, 9.17) is 13.3 Å². The summed E-state index contributed by atoms with van der Waals surface area (Å²) in [7, 11) is 0. The Labute approximate surface area is 74.0 Å². The summed E-state index contributed by atoms with van der Waals surface area (Å²) >= 11 is -2.61. The van der Waals surface area contributed by atoms with Gasteiger partial charge in [0.25, 0.3) is 11.4 Å². The monoisotopic (exact) mass is 160 g/mol. The Kier molecular flexibility index (Phi) is 25.5. The molecule has 3 nitrogen and oxygen atoms in total. The molecule has 0 radical (unpaired) electrons. The first-order valence-corrected chi connectivity index (χ1v) is 1.60. The van der Waals surface area contributed by atoms with Crippen LogP contribution in [0.2, 0.25) is 0 Å². The summed E-state index contributed by atoms with van der Waals surface area (Å²) < 4.78 is 22.8. The molecule has 0 fully saturated rings. The SMILES string of the molecule is Cl.O=S(O)O.[CaH2]. The third-order valence-corrected chi connectivity index (χ3v) is 0. The maximum absolute atomic E-state index is 8.67. The third kappa shape index (κ3) is 45.7. The van der Waals surface area contributed by atoms with Gasteiger partial charge in [-0.3, -0.25) is 9.11 Å². The first-order chi connectivity index (χ1) is 1.73. The van der Waals surface area contributed by atoms with E-state index in [1.165, 1.54) is 0 Å². The molecule has 0 amide bonds. The molecule has 0 rings (SSSR count). The summed E-state index contributed by atoms with van der Waals surface area (Å²) in [5, 5.41) is 0. The predicted octanol–water partition coefficient (Wildman–Crippen LogP) is -0.813. The molecular weight excluding hydrogens is 156 g/mol. The van der Waals surface area contributed by atoms with Crippen LogP contribution in [-0.4, -0.2) is 51.1 Å². The van der Waals surface area contributed by atoms with E-state index in [1.54, 1.807) is 0 Å². The van der Waals surface area contributed by atoms with Crippen LogP contribution in [-0.2, 0) is 11.4 Å². The molecule has 0 saturated heterocycles. The van der Waals surface area contributed by atoms with E-state index in [0.29, 0.717) is 0 Å². The molecule has 0 aromatic rings. The Hall–Kier alpha value is 1.62. The second kappa shape index (κ2) is 9.80. The van der Waals surface area contributed by atoms with E-state index < -0.39 is 11.4 Å². The summed E-state index contributed by atoms with van der Waals surface area (Å²) in [5.74, 6) is 0. The standard InChI is InChI=1S/Ca.ClH.H2O3S.2H/c;;1-4(2)3;;/h;1H;(H2,1,2,3);;. The first-order valence-electron chi connectivity index (χ1n) is 0.532. The summed E-state index contributed by atoms with van der Waals surface area (Å²) in [6, 6.07) is 0. The van der Waals surface area contributed by atoms with E-state index >= 15 is 0 Å². The molecule has 2 N–H and O–H groups in total. The van der Waals surface area contributed by atoms with Crippen molar-refractivity contribution in [2.24, 2.45) is 0 Å². The van der Waals surface area contributed by atoms with Gasteiger partial charge in [-0.25, -0.2) is 0 Å². The van der Waals surface area contributed by atoms with Gasteiger partial charge in [0.1, 0.15) is 0 Å². The van der Waals surface area contributed by atoms with Crippen LogP contribution < -0.4 is 0 Å². The molecule has 6 heavy (non-hydrogen) atoms. The molecular formula is H5CaClO3S. The van der Waals surface area contributed by atoms with Crippen LogP contribution in [0.1, 0.15) is 0 Å². The van der Waals surface area contributed by atoms with Gasteiger partial charge in [-0.05, 0) is 0 Å². The van der Waals surface area contributed by atoms with E-state index in [1.807, 2.05) is 0 Å². The average Bonchev–Trinajstić information content (AvgIpc) is 0.811. The molecule has 0 aromatic carbocycles. The van der Waals surface area contributed by atoms with Crippen molar-refractivity contribution in [2.75, 3.05) is 0 Å². The van der Waals surface area contributed by atoms with E-state index in [2.05, 4.69) is 0 Å². The van der Waals surface area contributed by atoms with Gasteiger partial charge in [0.15, 0.2) is 0 Å². The van der Waals surface area contributed by atoms with Crippen LogP contribution in [0.5, 0.6) is 0 Å². The zero-order valence-electron chi connectivity index (χ0n) is 2.12. The van der Waals surface area contributed by atoms with Gasteiger partial charge in [-0.15, -0.1) is 12.4 Å². The molecule has 0 bridgehead atoms. The van der Waals surface area contributed by atoms with Gasteiger partial charge in [-0.2, -0.15) is 4.21 Å². The molecule has 0 aliphatic heterocycles. The fourth-order valence-corrected chi connectivity index (χ4v) is 0. The zero-order valence-corrected chi connectivity index (χ0v) is 3.75. The number of rotatable bonds is 0. The van der Waals surface area contributed by atoms with Gasteiger partial charge in [-0.1, -0.05) is 0 Å². The number of hydrogen-bond donors (Lipinski definition) is 2. The summed E-state index contributed by atoms with van der Waals surface area (Å²) in [5.41, 5.74) is 0. The molecule has 0 heterocycles. The average molecular weight is 161 g/mol. The quantitative estimate of drug-likeness (QED) is 0.360. The van der Waals surface area contributed by atoms with Crippen LogP contribution in [0.15, 0.2) is 0 Å². The van der Waals surface area contributed by atoms with E-state index in [0.717, 1.165) is 0 Å². The van der Waals surface area contributed by atoms with Crippen molar-refractivity contribution in [3.8, 4) is 0 Å². The van der Waals surface area contributed by atoms with Gasteiger partial charge in [0.05, 0.1) is 0 Å². The molecule has 6 heteroatoms. The number of hydrogen-bond acceptors (Lipinski definition) is 1. The van der Waals surface area contributed by atoms with Gasteiger partial charge >= 0.3 is 37.7 Å². The third-order valence-electron chi connectivity index (χ3n) is 0. The first kappa shape index (κ1) is 15.6. The van der Waals surface area contributed by atoms with E-state index in [9.17, 15) is 0 Å². The summed E-state index contributed by atoms with van der Waals surface area (Å²) in [6.07, 6.45) is 0. The molecule has 0 aliphatic carbocycles. The van der Waals surface area contributed by atoms with E-state index in [-0.39, 0.29) is 50.1 Å². The summed E-state index contributed by atoms with van der Waals surface area (Å²) in [6.45, 7) is 0. The second-order valence-electron chi connectivity index (χ2n) is 0.231. The zero-order chi connectivity index (χ0) is 3.58. The van der Waals surface area contributed by atoms with Crippen molar-refractivity contribution in [3.63, 3.8) is 0 Å². The maximum atomic E-state index is 8.67. The Morgan fingerprint density at radius 2 is 1.33 bits per heavy atom. The fraction of sp³-hybridized carbons (Fsp3) is 0. The van der Waals surface area contributed by atoms with Crippen LogP contribution in [0, 0.1) is 0 Å². The van der Waals surface area contributed by atoms with Crippen LogP contribution >= 0.6 is 12.4 Å². The molecule has 0 saturated carbocycles. The molecule has 0 atom stereocenters. The second-order valence-corrected chi connectivity index (χ2v) is 0.692. The van der Waals surface area contributed by atoms with Gasteiger partial charge in [0.2, 0.25) is 0 Å². The van der Waals surface area contributed by atoms with Crippen LogP contribution in [0.3, 0.4) is 0 Å². The molecule has 0 aromatic heterocycles. The summed E-state index contributed by atoms with van der Waals surface area (Å²) in [4.78, 5) is 0. The number of halogens is 1. The van der Waals surface area contributed by atoms with Crippen LogP contribution in [0.25, 0.3) is 0 Å². The van der Waals surface area contributed by atoms with Crippen molar-refractivity contribution in [1.29, 1.82) is 0 Å². The molecule has 38 valence electrons. The topological polar surface area (TPSA) is 57.5 Å². The minimum atomic E-state index is -2.61. The Bertz CT molecular complexity index is 33.8. The van der Waals surface area contributed by atoms with Gasteiger partial charge in [0, 0.05) is 0 Å². The van der Waals surface area contributed by atoms with Crippen molar-refractivity contribution in [2.45, 2.75) is 0 Å². The molecule has 0 unspecified atom stereocenters. The Morgan fingerprint density at radius 3 is 1.33 bits per heavy atom. The minimum absolute atomic E-state index is 0. The van der Waals surface area contributed by atoms with Crippen molar-refractivity contribution >= 4 is 61.5 Å². The van der Waals surface area contributed by atoms with Crippen molar-refractivity contribution < 1.29 is 13.3 Å². The fourth-order valence-electron chi connectivity index (χ4n) is 0. The normalized spacial score (nSPS) is 5.83. The molecule has 0 aliphatic rings. The Morgan fingerprint density at radius 1 is 1.33 bits per heavy atom. The van der Waals surface area contributed by atoms with Crippen LogP contribution in [0.4, 0.5) is 0 Å². The Balaban J connectivity index is -0.0000000450. The van der Waals surface area contributed by atoms with Crippen molar-refractivity contribution in [1.82, 2.24) is 0 Å². The predicted molar refractivity (Wildman–Crippen MR) is 29.2 cm³/mol. The molecule has 0 spiro atoms. The van der Waals surface area contributed by atoms with Gasteiger partial charge < -0.3 is 0 Å². The van der Waals surface area contributed by atoms with Crippen molar-refractivity contribution in [3.05, 3.63) is 0 Å².